The second kappa shape index (κ2) is 5.08. The van der Waals surface area contributed by atoms with Crippen molar-refractivity contribution < 1.29 is 0 Å². The van der Waals surface area contributed by atoms with Gasteiger partial charge in [0.1, 0.15) is 11.3 Å². The summed E-state index contributed by atoms with van der Waals surface area (Å²) in [6.07, 6.45) is 4.12. The number of hydrogen-bond donors (Lipinski definition) is 1. The van der Waals surface area contributed by atoms with E-state index in [9.17, 15) is 0 Å². The zero-order chi connectivity index (χ0) is 11.2. The van der Waals surface area contributed by atoms with E-state index in [1.165, 1.54) is 0 Å². The molecule has 0 spiro atoms. The smallest absolute Gasteiger partial charge is 0.180 e. The van der Waals surface area contributed by atoms with Gasteiger partial charge in [0.25, 0.3) is 0 Å². The summed E-state index contributed by atoms with van der Waals surface area (Å²) in [5.74, 6) is 6.65. The first-order valence-corrected chi connectivity index (χ1v) is 5.11. The molecule has 0 fully saturated rings. The maximum Gasteiger partial charge on any atom is 0.180 e. The predicted octanol–water partition coefficient (Wildman–Crippen LogP) is 1.85. The Morgan fingerprint density at radius 1 is 1.25 bits per heavy atom. The first-order chi connectivity index (χ1) is 7.90. The van der Waals surface area contributed by atoms with E-state index in [2.05, 4.69) is 32.1 Å². The quantitative estimate of drug-likeness (QED) is 0.623. The van der Waals surface area contributed by atoms with Gasteiger partial charge in [0.05, 0.1) is 0 Å². The molecule has 0 aliphatic heterocycles. The maximum atomic E-state index is 4.34. The number of fused-ring (bicyclic) bond motifs is 1. The number of rotatable bonds is 3. The van der Waals surface area contributed by atoms with E-state index >= 15 is 0 Å². The molecule has 4 nitrogen and oxygen atoms in total. The summed E-state index contributed by atoms with van der Waals surface area (Å²) in [5.41, 5.74) is 1.47. The highest BCUT2D eigenvalue weighted by Gasteiger charge is 1.98. The lowest BCUT2D eigenvalue weighted by molar-refractivity contribution is 1.07. The highest BCUT2D eigenvalue weighted by molar-refractivity contribution is 5.71. The Morgan fingerprint density at radius 3 is 3.00 bits per heavy atom. The minimum atomic E-state index is 0.661. The Balaban J connectivity index is 2.09. The number of anilines is 1. The van der Waals surface area contributed by atoms with Crippen LogP contribution in [0, 0.1) is 11.8 Å². The molecular weight excluding hydrogens is 200 g/mol. The second-order valence-electron chi connectivity index (χ2n) is 3.20. The van der Waals surface area contributed by atoms with Gasteiger partial charge in [0, 0.05) is 25.4 Å². The van der Waals surface area contributed by atoms with Crippen molar-refractivity contribution in [2.75, 3.05) is 11.9 Å². The van der Waals surface area contributed by atoms with Crippen LogP contribution in [-0.4, -0.2) is 21.5 Å². The first kappa shape index (κ1) is 10.4. The van der Waals surface area contributed by atoms with Crippen LogP contribution in [0.3, 0.4) is 0 Å². The minimum absolute atomic E-state index is 0.661. The van der Waals surface area contributed by atoms with Crippen LogP contribution in [0.5, 0.6) is 0 Å². The number of aromatic nitrogens is 3. The Bertz CT molecular complexity index is 539. The lowest BCUT2D eigenvalue weighted by Crippen LogP contribution is -2.02. The summed E-state index contributed by atoms with van der Waals surface area (Å²) in [6.45, 7) is 2.63. The van der Waals surface area contributed by atoms with E-state index in [0.29, 0.717) is 5.65 Å². The largest absolute Gasteiger partial charge is 0.369 e. The highest BCUT2D eigenvalue weighted by Crippen LogP contribution is 2.09. The third-order valence-electron chi connectivity index (χ3n) is 2.06. The molecule has 0 amide bonds. The SMILES string of the molecule is CC#CCCNc1ccc2nccnc2n1. The van der Waals surface area contributed by atoms with Crippen molar-refractivity contribution in [3.8, 4) is 11.8 Å². The van der Waals surface area contributed by atoms with Crippen molar-refractivity contribution in [2.24, 2.45) is 0 Å². The van der Waals surface area contributed by atoms with Crippen molar-refractivity contribution in [3.63, 3.8) is 0 Å². The van der Waals surface area contributed by atoms with Crippen molar-refractivity contribution in [2.45, 2.75) is 13.3 Å². The summed E-state index contributed by atoms with van der Waals surface area (Å²) < 4.78 is 0. The summed E-state index contributed by atoms with van der Waals surface area (Å²) >= 11 is 0. The van der Waals surface area contributed by atoms with Gasteiger partial charge in [-0.15, -0.1) is 11.8 Å². The van der Waals surface area contributed by atoms with Gasteiger partial charge in [-0.2, -0.15) is 0 Å². The molecule has 0 aromatic carbocycles. The molecule has 2 aromatic rings. The molecule has 0 saturated heterocycles. The Hall–Kier alpha value is -2.15. The molecule has 2 rings (SSSR count). The van der Waals surface area contributed by atoms with Crippen LogP contribution in [0.15, 0.2) is 24.5 Å². The average Bonchev–Trinajstić information content (AvgIpc) is 2.34. The summed E-state index contributed by atoms with van der Waals surface area (Å²) in [6, 6.07) is 3.81. The van der Waals surface area contributed by atoms with Gasteiger partial charge >= 0.3 is 0 Å². The van der Waals surface area contributed by atoms with Crippen LogP contribution >= 0.6 is 0 Å². The molecule has 0 bridgehead atoms. The first-order valence-electron chi connectivity index (χ1n) is 5.11. The van der Waals surface area contributed by atoms with Crippen molar-refractivity contribution >= 4 is 17.0 Å². The topological polar surface area (TPSA) is 50.7 Å². The van der Waals surface area contributed by atoms with Crippen LogP contribution in [0.4, 0.5) is 5.82 Å². The van der Waals surface area contributed by atoms with E-state index in [1.54, 1.807) is 12.4 Å². The molecular formula is C12H12N4. The summed E-state index contributed by atoms with van der Waals surface area (Å²) in [4.78, 5) is 12.6. The Kier molecular flexibility index (Phi) is 3.29. The van der Waals surface area contributed by atoms with Gasteiger partial charge in [-0.25, -0.2) is 9.97 Å². The van der Waals surface area contributed by atoms with Gasteiger partial charge < -0.3 is 5.32 Å². The number of hydrogen-bond acceptors (Lipinski definition) is 4. The third kappa shape index (κ3) is 2.45. The Morgan fingerprint density at radius 2 is 2.12 bits per heavy atom. The van der Waals surface area contributed by atoms with Gasteiger partial charge in [-0.05, 0) is 19.1 Å². The molecule has 2 aromatic heterocycles. The fraction of sp³-hybridized carbons (Fsp3) is 0.250. The highest BCUT2D eigenvalue weighted by atomic mass is 15.0. The van der Waals surface area contributed by atoms with Gasteiger partial charge in [0.2, 0.25) is 0 Å². The van der Waals surface area contributed by atoms with Crippen LogP contribution in [0.2, 0.25) is 0 Å². The molecule has 1 N–H and O–H groups in total. The van der Waals surface area contributed by atoms with Crippen LogP contribution in [-0.2, 0) is 0 Å². The molecule has 0 unspecified atom stereocenters. The lowest BCUT2D eigenvalue weighted by Gasteiger charge is -2.03. The van der Waals surface area contributed by atoms with E-state index in [0.717, 1.165) is 24.3 Å². The Labute approximate surface area is 94.1 Å². The van der Waals surface area contributed by atoms with Gasteiger partial charge in [-0.3, -0.25) is 4.98 Å². The van der Waals surface area contributed by atoms with E-state index in [-0.39, 0.29) is 0 Å². The molecule has 0 saturated carbocycles. The fourth-order valence-corrected chi connectivity index (χ4v) is 1.33. The second-order valence-corrected chi connectivity index (χ2v) is 3.20. The average molecular weight is 212 g/mol. The van der Waals surface area contributed by atoms with E-state index < -0.39 is 0 Å². The molecule has 0 aliphatic carbocycles. The van der Waals surface area contributed by atoms with Crippen molar-refractivity contribution in [3.05, 3.63) is 24.5 Å². The zero-order valence-corrected chi connectivity index (χ0v) is 9.07. The normalized spacial score (nSPS) is 9.56. The fourth-order valence-electron chi connectivity index (χ4n) is 1.33. The number of nitrogens with one attached hydrogen (secondary N) is 1. The monoisotopic (exact) mass is 212 g/mol. The minimum Gasteiger partial charge on any atom is -0.369 e. The summed E-state index contributed by atoms with van der Waals surface area (Å²) in [5, 5.41) is 3.19. The third-order valence-corrected chi connectivity index (χ3v) is 2.06. The lowest BCUT2D eigenvalue weighted by atomic mass is 10.4. The van der Waals surface area contributed by atoms with Crippen LogP contribution in [0.25, 0.3) is 11.2 Å². The molecule has 16 heavy (non-hydrogen) atoms. The number of pyridine rings is 1. The molecule has 0 atom stereocenters. The maximum absolute atomic E-state index is 4.34. The van der Waals surface area contributed by atoms with Crippen molar-refractivity contribution in [1.29, 1.82) is 0 Å². The predicted molar refractivity (Wildman–Crippen MR) is 63.9 cm³/mol. The van der Waals surface area contributed by atoms with Crippen LogP contribution in [0.1, 0.15) is 13.3 Å². The molecule has 4 heteroatoms. The summed E-state index contributed by atoms with van der Waals surface area (Å²) in [7, 11) is 0. The standard InChI is InChI=1S/C12H12N4/c1-2-3-4-7-14-11-6-5-10-12(16-11)15-9-8-13-10/h5-6,8-9H,4,7H2,1H3,(H,14,15,16). The molecule has 0 aliphatic rings. The number of nitrogens with zero attached hydrogens (tertiary/aromatic N) is 3. The molecule has 2 heterocycles. The molecule has 80 valence electrons. The van der Waals surface area contributed by atoms with E-state index in [4.69, 9.17) is 0 Å². The zero-order valence-electron chi connectivity index (χ0n) is 9.07. The van der Waals surface area contributed by atoms with Crippen LogP contribution < -0.4 is 5.32 Å². The van der Waals surface area contributed by atoms with E-state index in [1.807, 2.05) is 19.1 Å². The van der Waals surface area contributed by atoms with Crippen molar-refractivity contribution in [1.82, 2.24) is 15.0 Å². The van der Waals surface area contributed by atoms with Gasteiger partial charge in [-0.1, -0.05) is 0 Å². The molecule has 0 radical (unpaired) electrons. The van der Waals surface area contributed by atoms with Gasteiger partial charge in [0.15, 0.2) is 5.65 Å².